The lowest BCUT2D eigenvalue weighted by Crippen LogP contribution is -2.52. The maximum absolute atomic E-state index is 13.3. The van der Waals surface area contributed by atoms with Crippen LogP contribution in [0.15, 0.2) is 42.9 Å². The zero-order valence-corrected chi connectivity index (χ0v) is 19.8. The molecule has 1 saturated carbocycles. The molecule has 1 aromatic carbocycles. The number of ether oxygens (including phenoxy) is 2. The normalized spacial score (nSPS) is 17.4. The summed E-state index contributed by atoms with van der Waals surface area (Å²) < 4.78 is 12.8. The maximum atomic E-state index is 13.3. The number of benzene rings is 1. The number of halogens is 1. The number of methoxy groups -OCH3 is 1. The molecular formula is C24H24ClN5O4. The van der Waals surface area contributed by atoms with Crippen LogP contribution in [0.3, 0.4) is 0 Å². The number of carbonyl (C=O) groups excluding carboxylic acids is 2. The summed E-state index contributed by atoms with van der Waals surface area (Å²) in [4.78, 5) is 33.0. The lowest BCUT2D eigenvalue weighted by atomic mass is 10.0. The molecule has 0 spiro atoms. The summed E-state index contributed by atoms with van der Waals surface area (Å²) in [6, 6.07) is 7.38. The second-order valence-corrected chi connectivity index (χ2v) is 8.96. The first kappa shape index (κ1) is 22.2. The van der Waals surface area contributed by atoms with Crippen molar-refractivity contribution in [3.8, 4) is 22.8 Å². The summed E-state index contributed by atoms with van der Waals surface area (Å²) in [5, 5.41) is 4.79. The third-order valence-electron chi connectivity index (χ3n) is 6.00. The Hall–Kier alpha value is -3.59. The van der Waals surface area contributed by atoms with Gasteiger partial charge in [0.05, 0.1) is 41.8 Å². The van der Waals surface area contributed by atoms with E-state index >= 15 is 0 Å². The average Bonchev–Trinajstić information content (AvgIpc) is 3.54. The smallest absolute Gasteiger partial charge is 0.420 e. The van der Waals surface area contributed by atoms with Gasteiger partial charge in [0.2, 0.25) is 5.91 Å². The third-order valence-corrected chi connectivity index (χ3v) is 6.21. The van der Waals surface area contributed by atoms with Gasteiger partial charge in [0.15, 0.2) is 5.75 Å². The van der Waals surface area contributed by atoms with Crippen LogP contribution in [0.4, 0.5) is 16.2 Å². The molecule has 2 aromatic heterocycles. The van der Waals surface area contributed by atoms with Gasteiger partial charge in [-0.2, -0.15) is 5.10 Å². The standard InChI is InChI=1S/C24H24ClN5O4/c1-14-12-28(24(32)34-22-9-18(25)11-26-23(22)33-3)21-8-16(4-7-20(21)30(14)15(2)31)17-10-27-29(13-17)19-5-6-19/h4,7-11,13-14,19H,5-6,12H2,1-3H3/t14-/m0/s1. The molecule has 2 amide bonds. The molecule has 0 radical (unpaired) electrons. The highest BCUT2D eigenvalue weighted by atomic mass is 35.5. The van der Waals surface area contributed by atoms with Crippen LogP contribution in [0.5, 0.6) is 11.6 Å². The van der Waals surface area contributed by atoms with Crippen molar-refractivity contribution in [2.45, 2.75) is 38.8 Å². The van der Waals surface area contributed by atoms with E-state index in [1.807, 2.05) is 42.2 Å². The molecule has 176 valence electrons. The fourth-order valence-corrected chi connectivity index (χ4v) is 4.41. The first-order valence-corrected chi connectivity index (χ1v) is 11.4. The van der Waals surface area contributed by atoms with Crippen molar-refractivity contribution in [3.63, 3.8) is 0 Å². The minimum atomic E-state index is -0.621. The molecular weight excluding hydrogens is 458 g/mol. The van der Waals surface area contributed by atoms with Crippen LogP contribution in [-0.2, 0) is 4.79 Å². The van der Waals surface area contributed by atoms with Crippen molar-refractivity contribution in [3.05, 3.63) is 47.9 Å². The minimum Gasteiger partial charge on any atom is -0.478 e. The number of pyridine rings is 1. The molecule has 1 atom stereocenters. The summed E-state index contributed by atoms with van der Waals surface area (Å²) in [6.45, 7) is 3.66. The molecule has 10 heteroatoms. The Morgan fingerprint density at radius 2 is 1.91 bits per heavy atom. The Kier molecular flexibility index (Phi) is 5.65. The largest absolute Gasteiger partial charge is 0.478 e. The van der Waals surface area contributed by atoms with E-state index in [1.165, 1.54) is 31.2 Å². The number of nitrogens with zero attached hydrogens (tertiary/aromatic N) is 5. The lowest BCUT2D eigenvalue weighted by Gasteiger charge is -2.40. The van der Waals surface area contributed by atoms with Crippen LogP contribution < -0.4 is 19.3 Å². The molecule has 1 fully saturated rings. The Bertz CT molecular complexity index is 1270. The molecule has 9 nitrogen and oxygen atoms in total. The Balaban J connectivity index is 1.53. The predicted octanol–water partition coefficient (Wildman–Crippen LogP) is 4.70. The molecule has 0 bridgehead atoms. The van der Waals surface area contributed by atoms with Crippen molar-refractivity contribution < 1.29 is 19.1 Å². The predicted molar refractivity (Wildman–Crippen MR) is 128 cm³/mol. The summed E-state index contributed by atoms with van der Waals surface area (Å²) in [5.74, 6) is 0.163. The number of anilines is 2. The van der Waals surface area contributed by atoms with E-state index in [0.29, 0.717) is 22.4 Å². The van der Waals surface area contributed by atoms with Gasteiger partial charge in [-0.25, -0.2) is 9.78 Å². The van der Waals surface area contributed by atoms with E-state index in [9.17, 15) is 9.59 Å². The van der Waals surface area contributed by atoms with Crippen molar-refractivity contribution >= 4 is 35.0 Å². The molecule has 2 aliphatic rings. The molecule has 0 N–H and O–H groups in total. The second-order valence-electron chi connectivity index (χ2n) is 8.52. The zero-order chi connectivity index (χ0) is 24.0. The molecule has 0 saturated heterocycles. The quantitative estimate of drug-likeness (QED) is 0.536. The second kappa shape index (κ2) is 8.64. The molecule has 34 heavy (non-hydrogen) atoms. The minimum absolute atomic E-state index is 0.100. The number of carbonyl (C=O) groups is 2. The fourth-order valence-electron chi connectivity index (χ4n) is 4.27. The highest BCUT2D eigenvalue weighted by molar-refractivity contribution is 6.30. The molecule has 1 aliphatic heterocycles. The molecule has 1 aliphatic carbocycles. The molecule has 3 heterocycles. The SMILES string of the molecule is COc1ncc(Cl)cc1OC(=O)N1C[C@H](C)N(C(C)=O)c2ccc(-c3cnn(C4CC4)c3)cc21. The van der Waals surface area contributed by atoms with Gasteiger partial charge in [0, 0.05) is 37.5 Å². The van der Waals surface area contributed by atoms with Gasteiger partial charge in [-0.15, -0.1) is 0 Å². The number of hydrogen-bond donors (Lipinski definition) is 0. The van der Waals surface area contributed by atoms with Crippen LogP contribution in [0.1, 0.15) is 32.7 Å². The van der Waals surface area contributed by atoms with Gasteiger partial charge < -0.3 is 14.4 Å². The topological polar surface area (TPSA) is 89.8 Å². The van der Waals surface area contributed by atoms with E-state index in [1.54, 1.807) is 4.90 Å². The Morgan fingerprint density at radius 3 is 2.62 bits per heavy atom. The van der Waals surface area contributed by atoms with E-state index < -0.39 is 6.09 Å². The van der Waals surface area contributed by atoms with Gasteiger partial charge in [-0.05, 0) is 37.5 Å². The summed E-state index contributed by atoms with van der Waals surface area (Å²) in [6.07, 6.45) is 6.90. The number of fused-ring (bicyclic) bond motifs is 1. The number of rotatable bonds is 4. The highest BCUT2D eigenvalue weighted by Crippen LogP contribution is 2.41. The van der Waals surface area contributed by atoms with E-state index in [2.05, 4.69) is 10.1 Å². The van der Waals surface area contributed by atoms with Crippen molar-refractivity contribution in [1.82, 2.24) is 14.8 Å². The first-order chi connectivity index (χ1) is 16.4. The van der Waals surface area contributed by atoms with Gasteiger partial charge in [0.1, 0.15) is 0 Å². The summed E-state index contributed by atoms with van der Waals surface area (Å²) in [7, 11) is 1.44. The first-order valence-electron chi connectivity index (χ1n) is 11.0. The van der Waals surface area contributed by atoms with Crippen LogP contribution in [0.25, 0.3) is 11.1 Å². The van der Waals surface area contributed by atoms with Gasteiger partial charge in [-0.3, -0.25) is 14.4 Å². The third kappa shape index (κ3) is 4.07. The molecule has 0 unspecified atom stereocenters. The van der Waals surface area contributed by atoms with Gasteiger partial charge in [-0.1, -0.05) is 17.7 Å². The van der Waals surface area contributed by atoms with Crippen molar-refractivity contribution in [2.75, 3.05) is 23.5 Å². The van der Waals surface area contributed by atoms with Crippen LogP contribution in [-0.4, -0.2) is 46.5 Å². The van der Waals surface area contributed by atoms with Crippen LogP contribution in [0.2, 0.25) is 5.02 Å². The number of aromatic nitrogens is 3. The highest BCUT2D eigenvalue weighted by Gasteiger charge is 2.35. The van der Waals surface area contributed by atoms with E-state index in [-0.39, 0.29) is 30.1 Å². The Morgan fingerprint density at radius 1 is 1.12 bits per heavy atom. The zero-order valence-electron chi connectivity index (χ0n) is 19.1. The van der Waals surface area contributed by atoms with Crippen LogP contribution in [0, 0.1) is 0 Å². The van der Waals surface area contributed by atoms with Gasteiger partial charge in [0.25, 0.3) is 5.88 Å². The van der Waals surface area contributed by atoms with Gasteiger partial charge >= 0.3 is 6.09 Å². The lowest BCUT2D eigenvalue weighted by molar-refractivity contribution is -0.117. The maximum Gasteiger partial charge on any atom is 0.420 e. The Labute approximate surface area is 201 Å². The molecule has 3 aromatic rings. The monoisotopic (exact) mass is 481 g/mol. The van der Waals surface area contributed by atoms with Crippen LogP contribution >= 0.6 is 11.6 Å². The number of amides is 2. The average molecular weight is 482 g/mol. The summed E-state index contributed by atoms with van der Waals surface area (Å²) in [5.41, 5.74) is 3.04. The van der Waals surface area contributed by atoms with Crippen molar-refractivity contribution in [2.24, 2.45) is 0 Å². The summed E-state index contributed by atoms with van der Waals surface area (Å²) >= 11 is 6.04. The van der Waals surface area contributed by atoms with E-state index in [4.69, 9.17) is 21.1 Å². The molecule has 5 rings (SSSR count). The van der Waals surface area contributed by atoms with Crippen molar-refractivity contribution in [1.29, 1.82) is 0 Å². The number of hydrogen-bond acceptors (Lipinski definition) is 6. The fraction of sp³-hybridized carbons (Fsp3) is 0.333. The van der Waals surface area contributed by atoms with E-state index in [0.717, 1.165) is 24.0 Å².